The Morgan fingerprint density at radius 3 is 2.24 bits per heavy atom. The van der Waals surface area contributed by atoms with E-state index in [2.05, 4.69) is 9.97 Å². The maximum absolute atomic E-state index is 8.95. The third-order valence-electron chi connectivity index (χ3n) is 2.66. The molecule has 0 saturated carbocycles. The second kappa shape index (κ2) is 4.99. The van der Waals surface area contributed by atoms with Crippen LogP contribution >= 0.6 is 0 Å². The number of rotatable bonds is 2. The Hall–Kier alpha value is -1.18. The topological polar surface area (TPSA) is 78.7 Å². The summed E-state index contributed by atoms with van der Waals surface area (Å²) >= 11 is 0. The molecule has 6 nitrogen and oxygen atoms in total. The summed E-state index contributed by atoms with van der Waals surface area (Å²) in [5.74, 6) is 0.594. The van der Waals surface area contributed by atoms with E-state index in [9.17, 15) is 0 Å². The first-order valence-electron chi connectivity index (χ1n) is 5.64. The normalized spacial score (nSPS) is 24.8. The molecule has 0 aliphatic carbocycles. The lowest BCUT2D eigenvalue weighted by Gasteiger charge is -2.35. The molecule has 92 valence electrons. The minimum Gasteiger partial charge on any atom is -0.423 e. The number of aromatic nitrogens is 2. The Morgan fingerprint density at radius 2 is 1.76 bits per heavy atom. The van der Waals surface area contributed by atoms with Crippen LogP contribution in [0.25, 0.3) is 0 Å². The molecule has 2 heterocycles. The van der Waals surface area contributed by atoms with Gasteiger partial charge in [-0.3, -0.25) is 0 Å². The van der Waals surface area contributed by atoms with Crippen molar-refractivity contribution in [1.29, 1.82) is 0 Å². The van der Waals surface area contributed by atoms with E-state index in [4.69, 9.17) is 14.8 Å². The lowest BCUT2D eigenvalue weighted by molar-refractivity contribution is -0.00571. The Labute approximate surface area is 100 Å². The molecule has 1 aromatic heterocycles. The number of ether oxygens (including phenoxy) is 1. The van der Waals surface area contributed by atoms with E-state index >= 15 is 0 Å². The Morgan fingerprint density at radius 1 is 1.24 bits per heavy atom. The van der Waals surface area contributed by atoms with Crippen molar-refractivity contribution in [3.05, 3.63) is 12.4 Å². The van der Waals surface area contributed by atoms with Gasteiger partial charge in [-0.15, -0.1) is 0 Å². The largest absolute Gasteiger partial charge is 0.491 e. The average molecular weight is 237 g/mol. The van der Waals surface area contributed by atoms with Crippen molar-refractivity contribution in [3.8, 4) is 0 Å². The van der Waals surface area contributed by atoms with Gasteiger partial charge in [0.15, 0.2) is 0 Å². The van der Waals surface area contributed by atoms with Gasteiger partial charge in [0.25, 0.3) is 0 Å². The van der Waals surface area contributed by atoms with Gasteiger partial charge < -0.3 is 19.7 Å². The van der Waals surface area contributed by atoms with Crippen LogP contribution < -0.4 is 10.4 Å². The summed E-state index contributed by atoms with van der Waals surface area (Å²) < 4.78 is 5.62. The minimum atomic E-state index is -1.52. The highest BCUT2D eigenvalue weighted by Gasteiger charge is 2.24. The lowest BCUT2D eigenvalue weighted by Crippen LogP contribution is -2.46. The summed E-state index contributed by atoms with van der Waals surface area (Å²) in [4.78, 5) is 10.3. The van der Waals surface area contributed by atoms with Gasteiger partial charge in [-0.1, -0.05) is 0 Å². The molecule has 2 N–H and O–H groups in total. The van der Waals surface area contributed by atoms with E-state index in [1.54, 1.807) is 0 Å². The predicted molar refractivity (Wildman–Crippen MR) is 64.1 cm³/mol. The standard InChI is InChI=1S/C10H16BN3O3/c1-7-5-14(6-8(2)17-7)10-12-3-9(4-13-10)11(15)16/h3-4,7-8,15-16H,5-6H2,1-2H3/t7-,8+. The average Bonchev–Trinajstić information content (AvgIpc) is 2.28. The van der Waals surface area contributed by atoms with Crippen molar-refractivity contribution < 1.29 is 14.8 Å². The summed E-state index contributed by atoms with van der Waals surface area (Å²) in [6.45, 7) is 5.50. The van der Waals surface area contributed by atoms with Crippen LogP contribution in [0, 0.1) is 0 Å². The van der Waals surface area contributed by atoms with Crippen LogP contribution in [0.2, 0.25) is 0 Å². The molecular formula is C10H16BN3O3. The highest BCUT2D eigenvalue weighted by molar-refractivity contribution is 6.58. The molecule has 0 aromatic carbocycles. The van der Waals surface area contributed by atoms with Gasteiger partial charge in [-0.25, -0.2) is 9.97 Å². The zero-order valence-corrected chi connectivity index (χ0v) is 9.95. The number of anilines is 1. The van der Waals surface area contributed by atoms with Gasteiger partial charge >= 0.3 is 7.12 Å². The van der Waals surface area contributed by atoms with Crippen LogP contribution in [0.15, 0.2) is 12.4 Å². The van der Waals surface area contributed by atoms with Gasteiger partial charge in [0, 0.05) is 30.9 Å². The number of hydrogen-bond donors (Lipinski definition) is 2. The van der Waals surface area contributed by atoms with E-state index < -0.39 is 7.12 Å². The first kappa shape index (κ1) is 12.3. The van der Waals surface area contributed by atoms with Crippen molar-refractivity contribution in [1.82, 2.24) is 9.97 Å². The van der Waals surface area contributed by atoms with Gasteiger partial charge in [0.1, 0.15) is 0 Å². The van der Waals surface area contributed by atoms with Crippen molar-refractivity contribution in [2.24, 2.45) is 0 Å². The zero-order valence-electron chi connectivity index (χ0n) is 9.95. The number of morpholine rings is 1. The van der Waals surface area contributed by atoms with Gasteiger partial charge in [-0.2, -0.15) is 0 Å². The van der Waals surface area contributed by atoms with Gasteiger partial charge in [0.05, 0.1) is 12.2 Å². The summed E-state index contributed by atoms with van der Waals surface area (Å²) in [6.07, 6.45) is 3.14. The summed E-state index contributed by atoms with van der Waals surface area (Å²) in [7, 11) is -1.52. The molecule has 7 heteroatoms. The quantitative estimate of drug-likeness (QED) is 0.627. The Bertz CT molecular complexity index is 364. The van der Waals surface area contributed by atoms with E-state index in [-0.39, 0.29) is 12.2 Å². The fraction of sp³-hybridized carbons (Fsp3) is 0.600. The molecule has 1 fully saturated rings. The molecule has 0 spiro atoms. The first-order valence-corrected chi connectivity index (χ1v) is 5.64. The van der Waals surface area contributed by atoms with Crippen LogP contribution in [-0.4, -0.2) is 52.4 Å². The molecule has 1 aromatic rings. The second-order valence-electron chi connectivity index (χ2n) is 4.35. The molecule has 2 atom stereocenters. The first-order chi connectivity index (χ1) is 8.06. The van der Waals surface area contributed by atoms with Crippen molar-refractivity contribution in [2.45, 2.75) is 26.1 Å². The van der Waals surface area contributed by atoms with E-state index in [1.165, 1.54) is 12.4 Å². The fourth-order valence-electron chi connectivity index (χ4n) is 1.97. The molecule has 2 rings (SSSR count). The molecule has 1 saturated heterocycles. The Kier molecular flexibility index (Phi) is 3.61. The monoisotopic (exact) mass is 237 g/mol. The van der Waals surface area contributed by atoms with Gasteiger partial charge in [-0.05, 0) is 13.8 Å². The summed E-state index contributed by atoms with van der Waals surface area (Å²) in [5, 5.41) is 17.9. The van der Waals surface area contributed by atoms with Crippen LogP contribution in [0.5, 0.6) is 0 Å². The summed E-state index contributed by atoms with van der Waals surface area (Å²) in [6, 6.07) is 0. The molecule has 1 aliphatic rings. The second-order valence-corrected chi connectivity index (χ2v) is 4.35. The maximum Gasteiger partial charge on any atom is 0.491 e. The third-order valence-corrected chi connectivity index (χ3v) is 2.66. The smallest absolute Gasteiger partial charge is 0.423 e. The molecule has 0 unspecified atom stereocenters. The third kappa shape index (κ3) is 2.93. The van der Waals surface area contributed by atoms with E-state index in [0.717, 1.165) is 13.1 Å². The van der Waals surface area contributed by atoms with Crippen molar-refractivity contribution in [3.63, 3.8) is 0 Å². The zero-order chi connectivity index (χ0) is 12.4. The number of hydrogen-bond acceptors (Lipinski definition) is 6. The molecule has 17 heavy (non-hydrogen) atoms. The summed E-state index contributed by atoms with van der Waals surface area (Å²) in [5.41, 5.74) is 0.295. The van der Waals surface area contributed by atoms with E-state index in [1.807, 2.05) is 18.7 Å². The molecule has 0 bridgehead atoms. The van der Waals surface area contributed by atoms with Crippen LogP contribution in [-0.2, 0) is 4.74 Å². The lowest BCUT2D eigenvalue weighted by atomic mass is 9.83. The molecular weight excluding hydrogens is 221 g/mol. The highest BCUT2D eigenvalue weighted by Crippen LogP contribution is 2.15. The van der Waals surface area contributed by atoms with Crippen molar-refractivity contribution in [2.75, 3.05) is 18.0 Å². The highest BCUT2D eigenvalue weighted by atomic mass is 16.5. The minimum absolute atomic E-state index is 0.144. The molecule has 0 amide bonds. The van der Waals surface area contributed by atoms with Crippen LogP contribution in [0.1, 0.15) is 13.8 Å². The number of nitrogens with zero attached hydrogens (tertiary/aromatic N) is 3. The van der Waals surface area contributed by atoms with E-state index in [0.29, 0.717) is 11.4 Å². The van der Waals surface area contributed by atoms with Crippen molar-refractivity contribution >= 4 is 18.5 Å². The van der Waals surface area contributed by atoms with Gasteiger partial charge in [0.2, 0.25) is 5.95 Å². The Balaban J connectivity index is 2.11. The van der Waals surface area contributed by atoms with Crippen LogP contribution in [0.3, 0.4) is 0 Å². The maximum atomic E-state index is 8.95. The SMILES string of the molecule is C[C@@H]1CN(c2ncc(B(O)O)cn2)C[C@H](C)O1. The molecule has 0 radical (unpaired) electrons. The van der Waals surface area contributed by atoms with Crippen LogP contribution in [0.4, 0.5) is 5.95 Å². The fourth-order valence-corrected chi connectivity index (χ4v) is 1.97. The molecule has 1 aliphatic heterocycles. The predicted octanol–water partition coefficient (Wildman–Crippen LogP) is -1.23.